The smallest absolute Gasteiger partial charge is 0.308 e. The molecule has 2 bridgehead atoms. The summed E-state index contributed by atoms with van der Waals surface area (Å²) in [5.41, 5.74) is 1.83. The summed E-state index contributed by atoms with van der Waals surface area (Å²) in [4.78, 5) is 37.6. The van der Waals surface area contributed by atoms with Crippen LogP contribution in [0.15, 0.2) is 23.8 Å². The van der Waals surface area contributed by atoms with E-state index in [1.165, 1.54) is 20.3 Å². The van der Waals surface area contributed by atoms with E-state index in [-0.39, 0.29) is 47.6 Å². The van der Waals surface area contributed by atoms with Crippen LogP contribution in [0.25, 0.3) is 0 Å². The molecule has 7 nitrogen and oxygen atoms in total. The van der Waals surface area contributed by atoms with Crippen LogP contribution >= 0.6 is 0 Å². The highest BCUT2D eigenvalue weighted by Crippen LogP contribution is 2.65. The second-order valence-electron chi connectivity index (χ2n) is 12.1. The second-order valence-corrected chi connectivity index (χ2v) is 12.1. The van der Waals surface area contributed by atoms with Crippen molar-refractivity contribution < 1.29 is 29.0 Å². The highest BCUT2D eigenvalue weighted by molar-refractivity contribution is 5.95. The lowest BCUT2D eigenvalue weighted by Crippen LogP contribution is -2.53. The van der Waals surface area contributed by atoms with Gasteiger partial charge in [-0.15, -0.1) is 0 Å². The van der Waals surface area contributed by atoms with E-state index in [1.807, 2.05) is 18.2 Å². The fourth-order valence-electron chi connectivity index (χ4n) is 6.25. The van der Waals surface area contributed by atoms with Crippen LogP contribution in [0.1, 0.15) is 104 Å². The zero-order valence-corrected chi connectivity index (χ0v) is 24.1. The Balaban J connectivity index is 2.15. The van der Waals surface area contributed by atoms with Gasteiger partial charge in [0, 0.05) is 37.4 Å². The summed E-state index contributed by atoms with van der Waals surface area (Å²) in [6, 6.07) is 3.83. The number of fused-ring (bicyclic) bond motifs is 1. The van der Waals surface area contributed by atoms with Gasteiger partial charge in [-0.3, -0.25) is 14.4 Å². The van der Waals surface area contributed by atoms with Crippen molar-refractivity contribution in [2.75, 3.05) is 13.2 Å². The van der Waals surface area contributed by atoms with Crippen LogP contribution in [0, 0.1) is 17.3 Å². The molecule has 1 amide bonds. The molecule has 0 heterocycles. The molecule has 1 fully saturated rings. The maximum atomic E-state index is 13.1. The fourth-order valence-corrected chi connectivity index (χ4v) is 6.25. The van der Waals surface area contributed by atoms with Gasteiger partial charge in [0.15, 0.2) is 0 Å². The Bertz CT molecular complexity index is 1050. The first-order chi connectivity index (χ1) is 17.8. The summed E-state index contributed by atoms with van der Waals surface area (Å²) in [6.45, 7) is 13.6. The second kappa shape index (κ2) is 12.0. The normalized spacial score (nSPS) is 21.7. The number of carbonyl (C=O) groups is 3. The zero-order chi connectivity index (χ0) is 28.3. The Morgan fingerprint density at radius 2 is 1.66 bits per heavy atom. The van der Waals surface area contributed by atoms with Crippen molar-refractivity contribution in [1.29, 1.82) is 0 Å². The molecule has 0 aliphatic heterocycles. The summed E-state index contributed by atoms with van der Waals surface area (Å²) in [6.07, 6.45) is 8.27. The molecule has 1 saturated carbocycles. The number of nitrogens with one attached hydrogen (secondary N) is 1. The molecule has 210 valence electrons. The van der Waals surface area contributed by atoms with E-state index in [4.69, 9.17) is 9.47 Å². The first-order valence-corrected chi connectivity index (χ1v) is 14.0. The third kappa shape index (κ3) is 6.31. The Morgan fingerprint density at radius 1 is 1.05 bits per heavy atom. The van der Waals surface area contributed by atoms with Crippen molar-refractivity contribution in [1.82, 2.24) is 5.32 Å². The number of aliphatic hydroxyl groups is 1. The Hall–Kier alpha value is -2.67. The van der Waals surface area contributed by atoms with Gasteiger partial charge in [-0.1, -0.05) is 66.4 Å². The number of amides is 1. The summed E-state index contributed by atoms with van der Waals surface area (Å²) in [5.74, 6) is -0.357. The molecule has 38 heavy (non-hydrogen) atoms. The van der Waals surface area contributed by atoms with E-state index in [9.17, 15) is 19.5 Å². The van der Waals surface area contributed by atoms with Crippen molar-refractivity contribution >= 4 is 17.8 Å². The van der Waals surface area contributed by atoms with Gasteiger partial charge < -0.3 is 19.9 Å². The molecule has 1 aromatic carbocycles. The van der Waals surface area contributed by atoms with Crippen LogP contribution in [-0.2, 0) is 19.8 Å². The number of aliphatic hydroxyl groups excluding tert-OH is 1. The summed E-state index contributed by atoms with van der Waals surface area (Å²) in [5, 5.41) is 12.0. The van der Waals surface area contributed by atoms with E-state index in [0.717, 1.165) is 37.7 Å². The molecule has 4 rings (SSSR count). The van der Waals surface area contributed by atoms with E-state index in [2.05, 4.69) is 39.9 Å². The molecule has 3 unspecified atom stereocenters. The highest BCUT2D eigenvalue weighted by atomic mass is 16.5. The topological polar surface area (TPSA) is 102 Å². The first-order valence-electron chi connectivity index (χ1n) is 14.0. The average Bonchev–Trinajstić information content (AvgIpc) is 2.83. The predicted molar refractivity (Wildman–Crippen MR) is 147 cm³/mol. The van der Waals surface area contributed by atoms with Gasteiger partial charge in [0.25, 0.3) is 0 Å². The molecule has 2 N–H and O–H groups in total. The predicted octanol–water partition coefficient (Wildman–Crippen LogP) is 5.58. The van der Waals surface area contributed by atoms with Crippen LogP contribution in [0.5, 0.6) is 11.5 Å². The molecule has 0 saturated heterocycles. The third-order valence-electron chi connectivity index (χ3n) is 8.55. The lowest BCUT2D eigenvalue weighted by molar-refractivity contribution is -0.132. The molecule has 3 aliphatic carbocycles. The number of hydrogen-bond donors (Lipinski definition) is 2. The molecule has 7 heteroatoms. The molecule has 3 atom stereocenters. The van der Waals surface area contributed by atoms with Crippen LogP contribution in [0.3, 0.4) is 0 Å². The summed E-state index contributed by atoms with van der Waals surface area (Å²) < 4.78 is 11.6. The largest absolute Gasteiger partial charge is 0.426 e. The van der Waals surface area contributed by atoms with Crippen LogP contribution in [-0.4, -0.2) is 36.1 Å². The molecular weight excluding hydrogens is 482 g/mol. The molecular formula is C31H45NO6. The van der Waals surface area contributed by atoms with E-state index >= 15 is 0 Å². The first kappa shape index (κ1) is 29.9. The van der Waals surface area contributed by atoms with Gasteiger partial charge in [-0.25, -0.2) is 0 Å². The number of benzene rings is 1. The maximum absolute atomic E-state index is 13.1. The minimum absolute atomic E-state index is 0.0955. The van der Waals surface area contributed by atoms with Gasteiger partial charge in [0.2, 0.25) is 5.91 Å². The minimum Gasteiger partial charge on any atom is -0.426 e. The number of carbonyl (C=O) groups excluding carboxylic acids is 3. The molecule has 0 spiro atoms. The highest BCUT2D eigenvalue weighted by Gasteiger charge is 2.57. The van der Waals surface area contributed by atoms with Crippen LogP contribution in [0.2, 0.25) is 0 Å². The van der Waals surface area contributed by atoms with Crippen molar-refractivity contribution in [2.45, 2.75) is 98.3 Å². The van der Waals surface area contributed by atoms with E-state index in [1.54, 1.807) is 0 Å². The molecule has 0 aromatic heterocycles. The number of esters is 2. The van der Waals surface area contributed by atoms with Crippen molar-refractivity contribution in [3.63, 3.8) is 0 Å². The Kier molecular flexibility index (Phi) is 9.45. The number of allylic oxidation sites excluding steroid dienone is 1. The van der Waals surface area contributed by atoms with Crippen LogP contribution < -0.4 is 14.8 Å². The van der Waals surface area contributed by atoms with E-state index in [0.29, 0.717) is 22.6 Å². The average molecular weight is 528 g/mol. The number of unbranched alkanes of at least 4 members (excludes halogenated alkanes) is 3. The minimum atomic E-state index is -0.454. The van der Waals surface area contributed by atoms with E-state index < -0.39 is 11.9 Å². The number of rotatable bonds is 12. The lowest BCUT2D eigenvalue weighted by Gasteiger charge is -2.59. The van der Waals surface area contributed by atoms with Gasteiger partial charge in [0.1, 0.15) is 11.5 Å². The monoisotopic (exact) mass is 527 g/mol. The maximum Gasteiger partial charge on any atom is 0.308 e. The number of ether oxygens (including phenoxy) is 2. The van der Waals surface area contributed by atoms with Gasteiger partial charge in [0.05, 0.1) is 6.61 Å². The fraction of sp³-hybridized carbons (Fsp3) is 0.645. The zero-order valence-electron chi connectivity index (χ0n) is 24.1. The standard InChI is InChI=1S/C31H45NO6/c1-8-9-10-11-12-30(4,5)21-15-26(37-19(2)34)28(27(16-21)38-20(3)35)22-17-23(29(36)32-13-14-33)25-18-24(22)31(25,6)7/h15-17,22,24-25,33H,8-14,18H2,1-7H3,(H,32,36). The van der Waals surface area contributed by atoms with Crippen molar-refractivity contribution in [3.8, 4) is 11.5 Å². The van der Waals surface area contributed by atoms with Gasteiger partial charge in [-0.05, 0) is 53.2 Å². The van der Waals surface area contributed by atoms with Gasteiger partial charge in [-0.2, -0.15) is 0 Å². The number of hydrogen-bond acceptors (Lipinski definition) is 6. The Morgan fingerprint density at radius 3 is 2.16 bits per heavy atom. The van der Waals surface area contributed by atoms with Crippen molar-refractivity contribution in [3.05, 3.63) is 34.9 Å². The van der Waals surface area contributed by atoms with Gasteiger partial charge >= 0.3 is 11.9 Å². The summed E-state index contributed by atoms with van der Waals surface area (Å²) >= 11 is 0. The SMILES string of the molecule is CCCCCCC(C)(C)c1cc(OC(C)=O)c(C2C=C(C(=O)NCCO)C3CC2C3(C)C)c(OC(C)=O)c1. The Labute approximate surface area is 227 Å². The summed E-state index contributed by atoms with van der Waals surface area (Å²) in [7, 11) is 0. The van der Waals surface area contributed by atoms with Crippen LogP contribution in [0.4, 0.5) is 0 Å². The molecule has 3 aliphatic rings. The quantitative estimate of drug-likeness (QED) is 0.209. The lowest BCUT2D eigenvalue weighted by atomic mass is 9.45. The van der Waals surface area contributed by atoms with Crippen molar-refractivity contribution in [2.24, 2.45) is 17.3 Å². The molecule has 0 radical (unpaired) electrons. The third-order valence-corrected chi connectivity index (χ3v) is 8.55. The molecule has 1 aromatic rings.